The van der Waals surface area contributed by atoms with Crippen molar-refractivity contribution >= 4 is 70.9 Å². The molecule has 0 radical (unpaired) electrons. The molecule has 0 saturated carbocycles. The van der Waals surface area contributed by atoms with Crippen molar-refractivity contribution in [1.82, 2.24) is 14.8 Å². The Balaban J connectivity index is 0.000000263. The Hall–Kier alpha value is -5.95. The van der Waals surface area contributed by atoms with Gasteiger partial charge in [0, 0.05) is 66.2 Å². The molecule has 302 valence electrons. The van der Waals surface area contributed by atoms with Crippen molar-refractivity contribution in [2.24, 2.45) is 4.99 Å². The van der Waals surface area contributed by atoms with Crippen molar-refractivity contribution in [2.45, 2.75) is 9.79 Å². The number of aromatic nitrogens is 1. The first kappa shape index (κ1) is 41.7. The van der Waals surface area contributed by atoms with Crippen LogP contribution in [-0.4, -0.2) is 117 Å². The molecule has 1 aliphatic rings. The van der Waals surface area contributed by atoms with E-state index in [2.05, 4.69) is 21.8 Å². The second kappa shape index (κ2) is 17.3. The number of piperazine rings is 1. The minimum Gasteiger partial charge on any atom is -0.494 e. The summed E-state index contributed by atoms with van der Waals surface area (Å²) in [6, 6.07) is 29.7. The fourth-order valence-corrected chi connectivity index (χ4v) is 7.97. The van der Waals surface area contributed by atoms with Crippen LogP contribution in [0.4, 0.5) is 11.4 Å². The molecule has 5 aromatic carbocycles. The van der Waals surface area contributed by atoms with Crippen LogP contribution in [0, 0.1) is 0 Å². The Kier molecular flexibility index (Phi) is 12.4. The lowest BCUT2D eigenvalue weighted by Gasteiger charge is -2.32. The van der Waals surface area contributed by atoms with Crippen molar-refractivity contribution in [3.05, 3.63) is 126 Å². The Morgan fingerprint density at radius 2 is 1.34 bits per heavy atom. The van der Waals surface area contributed by atoms with Crippen molar-refractivity contribution in [2.75, 3.05) is 58.8 Å². The number of aromatic amines is 1. The molecule has 0 aliphatic carbocycles. The van der Waals surface area contributed by atoms with Gasteiger partial charge in [0.1, 0.15) is 9.79 Å². The quantitative estimate of drug-likeness (QED) is 0.0824. The number of carbonyl (C=O) groups excluding carboxylic acids is 2. The van der Waals surface area contributed by atoms with Gasteiger partial charge < -0.3 is 24.6 Å². The summed E-state index contributed by atoms with van der Waals surface area (Å²) in [4.78, 5) is 38.2. The number of nitrogens with zero attached hydrogens (tertiary/aromatic N) is 4. The molecule has 0 bridgehead atoms. The van der Waals surface area contributed by atoms with Crippen LogP contribution in [0.2, 0.25) is 0 Å². The maximum absolute atomic E-state index is 12.9. The summed E-state index contributed by atoms with van der Waals surface area (Å²) in [5.41, 5.74) is 4.34. The molecule has 15 nitrogen and oxygen atoms in total. The Labute approximate surface area is 335 Å². The van der Waals surface area contributed by atoms with Crippen molar-refractivity contribution in [1.29, 1.82) is 0 Å². The normalized spacial score (nSPS) is 14.2. The van der Waals surface area contributed by atoms with Crippen molar-refractivity contribution < 1.29 is 45.4 Å². The number of carbonyl (C=O) groups is 2. The van der Waals surface area contributed by atoms with Gasteiger partial charge in [0.25, 0.3) is 20.2 Å². The third kappa shape index (κ3) is 9.42. The number of benzene rings is 5. The lowest BCUT2D eigenvalue weighted by molar-refractivity contribution is -0.119. The van der Waals surface area contributed by atoms with Gasteiger partial charge in [-0.25, -0.2) is 9.79 Å². The minimum atomic E-state index is -4.47. The number of anilines is 1. The summed E-state index contributed by atoms with van der Waals surface area (Å²) in [7, 11) is -3.72. The number of aliphatic imine (C=N–C) groups is 1. The second-order valence-corrected chi connectivity index (χ2v) is 16.3. The topological polar surface area (TPSA) is 210 Å². The molecular formula is C41H41N5O10S2. The Morgan fingerprint density at radius 3 is 1.90 bits per heavy atom. The summed E-state index contributed by atoms with van der Waals surface area (Å²) < 4.78 is 67.5. The van der Waals surface area contributed by atoms with Crippen LogP contribution in [-0.2, 0) is 29.8 Å². The monoisotopic (exact) mass is 827 g/mol. The molecule has 1 aliphatic heterocycles. The average molecular weight is 828 g/mol. The summed E-state index contributed by atoms with van der Waals surface area (Å²) in [6.07, 6.45) is 0. The number of fused-ring (bicyclic) bond motifs is 2. The first-order valence-electron chi connectivity index (χ1n) is 17.9. The zero-order valence-electron chi connectivity index (χ0n) is 31.7. The van der Waals surface area contributed by atoms with Crippen LogP contribution in [0.5, 0.6) is 5.88 Å². The first-order chi connectivity index (χ1) is 27.5. The highest BCUT2D eigenvalue weighted by Gasteiger charge is 2.22. The fourth-order valence-electron chi connectivity index (χ4n) is 6.56. The zero-order chi connectivity index (χ0) is 41.8. The largest absolute Gasteiger partial charge is 0.494 e. The maximum atomic E-state index is 12.9. The van der Waals surface area contributed by atoms with Crippen molar-refractivity contribution in [3.63, 3.8) is 0 Å². The number of H-pyrrole nitrogens is 1. The number of amides is 1. The molecule has 1 aromatic heterocycles. The van der Waals surface area contributed by atoms with E-state index >= 15 is 0 Å². The van der Waals surface area contributed by atoms with Gasteiger partial charge in [-0.1, -0.05) is 60.7 Å². The summed E-state index contributed by atoms with van der Waals surface area (Å²) in [6.45, 7) is 4.09. The van der Waals surface area contributed by atoms with Crippen LogP contribution in [0.25, 0.3) is 21.7 Å². The molecule has 1 amide bonds. The minimum absolute atomic E-state index is 0.0233. The van der Waals surface area contributed by atoms with E-state index in [1.165, 1.54) is 31.4 Å². The number of likely N-dealkylation sites (N-methyl/N-ethyl adjacent to an activating group) is 2. The van der Waals surface area contributed by atoms with Crippen LogP contribution >= 0.6 is 0 Å². The highest BCUT2D eigenvalue weighted by Crippen LogP contribution is 2.33. The van der Waals surface area contributed by atoms with Crippen LogP contribution < -0.4 is 4.90 Å². The zero-order valence-corrected chi connectivity index (χ0v) is 33.4. The number of nitrogens with one attached hydrogen (secondary N) is 1. The van der Waals surface area contributed by atoms with E-state index in [0.717, 1.165) is 54.9 Å². The van der Waals surface area contributed by atoms with E-state index in [1.807, 2.05) is 54.6 Å². The highest BCUT2D eigenvalue weighted by atomic mass is 32.2. The predicted molar refractivity (Wildman–Crippen MR) is 220 cm³/mol. The molecule has 1 saturated heterocycles. The van der Waals surface area contributed by atoms with Gasteiger partial charge in [-0.2, -0.15) is 16.8 Å². The van der Waals surface area contributed by atoms with Gasteiger partial charge in [0.2, 0.25) is 5.91 Å². The SMILES string of the molecule is COC(=O)c1ccc2c(C(=Nc3ccc(N(C)C(=O)CN4CCN(C)CC4)cc3)c3ccccc3)c(O)[nH]c2c1.O=S(=O)(O)c1cccc2c(S(=O)(=O)O)cccc12. The number of hydrogen-bond donors (Lipinski definition) is 4. The molecule has 4 N–H and O–H groups in total. The van der Waals surface area contributed by atoms with E-state index in [4.69, 9.17) is 18.8 Å². The number of esters is 1. The third-order valence-corrected chi connectivity index (χ3v) is 11.5. The molecule has 2 heterocycles. The van der Waals surface area contributed by atoms with E-state index < -0.39 is 36.0 Å². The van der Waals surface area contributed by atoms with Gasteiger partial charge in [-0.05, 0) is 55.6 Å². The van der Waals surface area contributed by atoms with Gasteiger partial charge >= 0.3 is 5.97 Å². The Bertz CT molecular complexity index is 2660. The van der Waals surface area contributed by atoms with Crippen molar-refractivity contribution in [3.8, 4) is 5.88 Å². The number of methoxy groups -OCH3 is 1. The van der Waals surface area contributed by atoms with Crippen LogP contribution in [0.1, 0.15) is 21.5 Å². The number of hydrogen-bond acceptors (Lipinski definition) is 11. The lowest BCUT2D eigenvalue weighted by atomic mass is 10.00. The summed E-state index contributed by atoms with van der Waals surface area (Å²) in [5.74, 6) is -0.465. The van der Waals surface area contributed by atoms with Gasteiger partial charge in [-0.15, -0.1) is 0 Å². The first-order valence-corrected chi connectivity index (χ1v) is 20.7. The highest BCUT2D eigenvalue weighted by molar-refractivity contribution is 7.86. The molecular weight excluding hydrogens is 787 g/mol. The van der Waals surface area contributed by atoms with Gasteiger partial charge in [-0.3, -0.25) is 18.8 Å². The Morgan fingerprint density at radius 1 is 0.759 bits per heavy atom. The molecule has 0 atom stereocenters. The maximum Gasteiger partial charge on any atom is 0.337 e. The predicted octanol–water partition coefficient (Wildman–Crippen LogP) is 5.37. The molecule has 17 heteroatoms. The molecule has 7 rings (SSSR count). The van der Waals surface area contributed by atoms with E-state index in [1.54, 1.807) is 30.1 Å². The summed E-state index contributed by atoms with van der Waals surface area (Å²) >= 11 is 0. The lowest BCUT2D eigenvalue weighted by Crippen LogP contribution is -2.48. The van der Waals surface area contributed by atoms with Gasteiger partial charge in [0.05, 0.1) is 36.2 Å². The van der Waals surface area contributed by atoms with E-state index in [0.29, 0.717) is 34.6 Å². The third-order valence-electron chi connectivity index (χ3n) is 9.69. The number of aromatic hydroxyl groups is 1. The van der Waals surface area contributed by atoms with Crippen LogP contribution in [0.15, 0.2) is 124 Å². The molecule has 6 aromatic rings. The van der Waals surface area contributed by atoms with E-state index in [9.17, 15) is 31.5 Å². The van der Waals surface area contributed by atoms with E-state index in [-0.39, 0.29) is 22.6 Å². The van der Waals surface area contributed by atoms with Crippen LogP contribution in [0.3, 0.4) is 0 Å². The number of rotatable bonds is 9. The molecule has 0 unspecified atom stereocenters. The molecule has 1 fully saturated rings. The molecule has 0 spiro atoms. The second-order valence-electron chi connectivity index (χ2n) is 13.5. The smallest absolute Gasteiger partial charge is 0.337 e. The molecule has 58 heavy (non-hydrogen) atoms. The average Bonchev–Trinajstić information content (AvgIpc) is 3.54. The summed E-state index contributed by atoms with van der Waals surface area (Å²) in [5, 5.41) is 11.7. The van der Waals surface area contributed by atoms with Gasteiger partial charge in [0.15, 0.2) is 5.88 Å². The fraction of sp³-hybridized carbons (Fsp3) is 0.195. The standard InChI is InChI=1S/C31H33N5O4.C10H8O6S2/c1-34-15-17-36(18-16-34)20-27(37)35(2)24-12-10-23(11-13-24)32-29(21-7-5-4-6-8-21)28-25-14-9-22(31(39)40-3)19-26(25)33-30(28)38;11-17(12,13)9-5-1-3-7-8(9)4-2-6-10(7)18(14,15)16/h4-14,19,33,38H,15-18,20H2,1-3H3;1-6H,(H,11,12,13)(H,14,15,16). The number of ether oxygens (including phenoxy) is 1.